The number of hydrogen-bond acceptors (Lipinski definition) is 1. The predicted molar refractivity (Wildman–Crippen MR) is 79.9 cm³/mol. The Hall–Kier alpha value is -0.800. The first kappa shape index (κ1) is 13.3. The molecule has 84 valence electrons. The fourth-order valence-corrected chi connectivity index (χ4v) is 1.89. The highest BCUT2D eigenvalue weighted by atomic mass is 79.9. The molecule has 2 aliphatic rings. The molecule has 0 bridgehead atoms. The molecule has 0 aromatic heterocycles. The topological polar surface area (TPSA) is 3.24 Å². The lowest BCUT2D eigenvalue weighted by molar-refractivity contribution is 0.565. The summed E-state index contributed by atoms with van der Waals surface area (Å²) in [5.74, 6) is 0. The van der Waals surface area contributed by atoms with Gasteiger partial charge in [0.2, 0.25) is 0 Å². The van der Waals surface area contributed by atoms with Gasteiger partial charge >= 0.3 is 0 Å². The van der Waals surface area contributed by atoms with E-state index in [0.29, 0.717) is 0 Å². The van der Waals surface area contributed by atoms with Crippen molar-refractivity contribution in [2.75, 3.05) is 6.54 Å². The molecule has 0 spiro atoms. The number of rotatable bonds is 0. The van der Waals surface area contributed by atoms with Crippen molar-refractivity contribution in [1.82, 2.24) is 4.90 Å². The first-order valence-electron chi connectivity index (χ1n) is 4.85. The van der Waals surface area contributed by atoms with Gasteiger partial charge in [-0.1, -0.05) is 30.3 Å². The molecular formula is C13H13Br2N. The van der Waals surface area contributed by atoms with Crippen LogP contribution in [0.15, 0.2) is 48.3 Å². The Balaban J connectivity index is 0.000000640. The van der Waals surface area contributed by atoms with E-state index in [-0.39, 0.29) is 34.0 Å². The first-order chi connectivity index (χ1) is 6.93. The van der Waals surface area contributed by atoms with E-state index in [1.165, 1.54) is 16.8 Å². The molecule has 0 amide bonds. The number of allylic oxidation sites excluding steroid dienone is 1. The van der Waals surface area contributed by atoms with Crippen LogP contribution < -0.4 is 0 Å². The summed E-state index contributed by atoms with van der Waals surface area (Å²) in [5.41, 5.74) is 3.88. The van der Waals surface area contributed by atoms with Crippen molar-refractivity contribution in [3.8, 4) is 0 Å². The maximum atomic E-state index is 2.25. The van der Waals surface area contributed by atoms with Crippen molar-refractivity contribution in [2.24, 2.45) is 0 Å². The van der Waals surface area contributed by atoms with Crippen LogP contribution in [0.3, 0.4) is 0 Å². The van der Waals surface area contributed by atoms with Gasteiger partial charge in [0.25, 0.3) is 0 Å². The second kappa shape index (κ2) is 5.51. The Morgan fingerprint density at radius 2 is 1.69 bits per heavy atom. The maximum Gasteiger partial charge on any atom is 0.0412 e. The van der Waals surface area contributed by atoms with Gasteiger partial charge in [0.1, 0.15) is 0 Å². The number of nitrogens with zero attached hydrogens (tertiary/aromatic N) is 1. The van der Waals surface area contributed by atoms with Crippen molar-refractivity contribution in [3.63, 3.8) is 0 Å². The lowest BCUT2D eigenvalue weighted by atomic mass is 10.1. The van der Waals surface area contributed by atoms with Gasteiger partial charge in [0, 0.05) is 18.4 Å². The van der Waals surface area contributed by atoms with Gasteiger partial charge in [-0.2, -0.15) is 0 Å². The monoisotopic (exact) mass is 341 g/mol. The van der Waals surface area contributed by atoms with E-state index in [0.717, 1.165) is 6.54 Å². The molecule has 3 heteroatoms. The van der Waals surface area contributed by atoms with Crippen LogP contribution >= 0.6 is 34.0 Å². The molecule has 0 radical (unpaired) electrons. The van der Waals surface area contributed by atoms with Crippen LogP contribution in [-0.4, -0.2) is 11.4 Å². The molecule has 1 aromatic rings. The molecule has 0 fully saturated rings. The zero-order valence-corrected chi connectivity index (χ0v) is 12.1. The fourth-order valence-electron chi connectivity index (χ4n) is 1.89. The van der Waals surface area contributed by atoms with Gasteiger partial charge in [-0.25, -0.2) is 0 Å². The highest BCUT2D eigenvalue weighted by Gasteiger charge is 2.11. The second-order valence-corrected chi connectivity index (χ2v) is 3.57. The molecule has 0 saturated heterocycles. The van der Waals surface area contributed by atoms with Crippen LogP contribution in [0.25, 0.3) is 12.2 Å². The summed E-state index contributed by atoms with van der Waals surface area (Å²) in [4.78, 5) is 2.25. The highest BCUT2D eigenvalue weighted by molar-refractivity contribution is 8.93. The van der Waals surface area contributed by atoms with Gasteiger partial charge < -0.3 is 4.90 Å². The molecule has 1 nitrogen and oxygen atoms in total. The molecule has 0 atom stereocenters. The molecule has 2 heterocycles. The standard InChI is InChI=1S/C13H11N.2BrH/c1-2-5-12-10-13-6-3-8-14(13)9-7-11(12)4-1;;/h1-7,9-10H,8H2;2*1H. The summed E-state index contributed by atoms with van der Waals surface area (Å²) in [5, 5.41) is 0. The molecule has 1 aromatic carbocycles. The summed E-state index contributed by atoms with van der Waals surface area (Å²) in [6.45, 7) is 0.996. The van der Waals surface area contributed by atoms with Crippen LogP contribution in [0.5, 0.6) is 0 Å². The Bertz CT molecular complexity index is 461. The van der Waals surface area contributed by atoms with Crippen LogP contribution in [0.4, 0.5) is 0 Å². The van der Waals surface area contributed by atoms with E-state index in [1.54, 1.807) is 0 Å². The lowest BCUT2D eigenvalue weighted by Gasteiger charge is -2.12. The van der Waals surface area contributed by atoms with Crippen molar-refractivity contribution < 1.29 is 0 Å². The summed E-state index contributed by atoms with van der Waals surface area (Å²) in [7, 11) is 0. The molecular weight excluding hydrogens is 330 g/mol. The summed E-state index contributed by atoms with van der Waals surface area (Å²) in [6, 6.07) is 8.46. The van der Waals surface area contributed by atoms with Gasteiger partial charge in [0.15, 0.2) is 0 Å². The second-order valence-electron chi connectivity index (χ2n) is 3.57. The Labute approximate surface area is 117 Å². The number of benzene rings is 1. The van der Waals surface area contributed by atoms with Crippen molar-refractivity contribution in [3.05, 3.63) is 59.4 Å². The van der Waals surface area contributed by atoms with E-state index in [9.17, 15) is 0 Å². The van der Waals surface area contributed by atoms with Gasteiger partial charge in [-0.15, -0.1) is 34.0 Å². The summed E-state index contributed by atoms with van der Waals surface area (Å²) < 4.78 is 0. The number of hydrogen-bond donors (Lipinski definition) is 0. The molecule has 0 saturated carbocycles. The Kier molecular flexibility index (Phi) is 4.56. The average Bonchev–Trinajstić information content (AvgIpc) is 2.58. The smallest absolute Gasteiger partial charge is 0.0412 e. The minimum absolute atomic E-state index is 0. The first-order valence-corrected chi connectivity index (χ1v) is 4.85. The van der Waals surface area contributed by atoms with Crippen molar-refractivity contribution in [2.45, 2.75) is 0 Å². The molecule has 0 unspecified atom stereocenters. The number of halogens is 2. The molecule has 2 aliphatic heterocycles. The zero-order chi connectivity index (χ0) is 9.38. The quantitative estimate of drug-likeness (QED) is 0.687. The SMILES string of the molecule is Br.Br.C1=CC2=Cc3ccccc3C=CN2C1. The minimum atomic E-state index is 0. The van der Waals surface area contributed by atoms with E-state index in [4.69, 9.17) is 0 Å². The summed E-state index contributed by atoms with van der Waals surface area (Å²) in [6.07, 6.45) is 10.9. The number of fused-ring (bicyclic) bond motifs is 2. The zero-order valence-electron chi connectivity index (χ0n) is 8.67. The molecule has 0 aliphatic carbocycles. The summed E-state index contributed by atoms with van der Waals surface area (Å²) >= 11 is 0. The largest absolute Gasteiger partial charge is 0.344 e. The Morgan fingerprint density at radius 1 is 0.938 bits per heavy atom. The normalized spacial score (nSPS) is 15.2. The maximum absolute atomic E-state index is 2.25. The molecule has 3 rings (SSSR count). The lowest BCUT2D eigenvalue weighted by Crippen LogP contribution is -2.08. The van der Waals surface area contributed by atoms with Crippen LogP contribution in [0.2, 0.25) is 0 Å². The third-order valence-electron chi connectivity index (χ3n) is 2.66. The molecule has 16 heavy (non-hydrogen) atoms. The van der Waals surface area contributed by atoms with E-state index in [2.05, 4.69) is 59.7 Å². The van der Waals surface area contributed by atoms with Crippen molar-refractivity contribution >= 4 is 46.1 Å². The van der Waals surface area contributed by atoms with Crippen molar-refractivity contribution in [1.29, 1.82) is 0 Å². The van der Waals surface area contributed by atoms with E-state index in [1.807, 2.05) is 0 Å². The van der Waals surface area contributed by atoms with Crippen LogP contribution in [0.1, 0.15) is 11.1 Å². The predicted octanol–water partition coefficient (Wildman–Crippen LogP) is 4.04. The van der Waals surface area contributed by atoms with Crippen LogP contribution in [-0.2, 0) is 0 Å². The fraction of sp³-hybridized carbons (Fsp3) is 0.0769. The highest BCUT2D eigenvalue weighted by Crippen LogP contribution is 2.24. The average molecular weight is 343 g/mol. The minimum Gasteiger partial charge on any atom is -0.344 e. The van der Waals surface area contributed by atoms with Gasteiger partial charge in [-0.3, -0.25) is 0 Å². The third kappa shape index (κ3) is 2.30. The van der Waals surface area contributed by atoms with Crippen LogP contribution in [0, 0.1) is 0 Å². The van der Waals surface area contributed by atoms with E-state index < -0.39 is 0 Å². The Morgan fingerprint density at radius 3 is 2.50 bits per heavy atom. The third-order valence-corrected chi connectivity index (χ3v) is 2.66. The van der Waals surface area contributed by atoms with E-state index >= 15 is 0 Å². The molecule has 0 N–H and O–H groups in total. The van der Waals surface area contributed by atoms with Gasteiger partial charge in [0.05, 0.1) is 0 Å². The van der Waals surface area contributed by atoms with Gasteiger partial charge in [-0.05, 0) is 29.4 Å².